The van der Waals surface area contributed by atoms with Crippen LogP contribution in [0.2, 0.25) is 0 Å². The molecule has 4 aromatic rings. The number of hydrogen-bond donors (Lipinski definition) is 1. The van der Waals surface area contributed by atoms with E-state index in [0.29, 0.717) is 46.8 Å². The number of aliphatic hydroxyl groups is 1. The number of hydrogen-bond acceptors (Lipinski definition) is 7. The second kappa shape index (κ2) is 10.9. The van der Waals surface area contributed by atoms with E-state index in [4.69, 9.17) is 9.72 Å². The number of likely N-dealkylation sites (N-methyl/N-ethyl adjacent to an activating group) is 1. The summed E-state index contributed by atoms with van der Waals surface area (Å²) in [4.78, 5) is 18.8. The summed E-state index contributed by atoms with van der Waals surface area (Å²) in [7, 11) is 2.11. The van der Waals surface area contributed by atoms with Gasteiger partial charge in [-0.05, 0) is 69.0 Å². The average molecular weight is 552 g/mol. The normalized spacial score (nSPS) is 22.3. The van der Waals surface area contributed by atoms with Crippen molar-refractivity contribution < 1.29 is 14.2 Å². The quantitative estimate of drug-likeness (QED) is 0.349. The molecular weight excluding hydrogens is 517 g/mol. The highest BCUT2D eigenvalue weighted by Crippen LogP contribution is 2.41. The van der Waals surface area contributed by atoms with Gasteiger partial charge in [-0.25, -0.2) is 4.39 Å². The SMILES string of the molecule is CN1CCC[C@H]1COc1nc(N2CC3CCC(C3)C2)c2cnc(-c3cccc4cccc(C#CCO)c34)c(F)c2n1. The van der Waals surface area contributed by atoms with Gasteiger partial charge in [0.25, 0.3) is 0 Å². The second-order valence-corrected chi connectivity index (χ2v) is 11.7. The average Bonchev–Trinajstić information content (AvgIpc) is 3.57. The van der Waals surface area contributed by atoms with Gasteiger partial charge in [0, 0.05) is 41.8 Å². The molecule has 2 aliphatic heterocycles. The van der Waals surface area contributed by atoms with Crippen molar-refractivity contribution in [1.82, 2.24) is 19.9 Å². The number of fused-ring (bicyclic) bond motifs is 4. The van der Waals surface area contributed by atoms with Crippen LogP contribution in [0.4, 0.5) is 10.2 Å². The third-order valence-electron chi connectivity index (χ3n) is 9.09. The molecular formula is C33H34FN5O2. The first-order valence-electron chi connectivity index (χ1n) is 14.6. The number of rotatable bonds is 5. The van der Waals surface area contributed by atoms with E-state index < -0.39 is 5.82 Å². The van der Waals surface area contributed by atoms with E-state index in [0.717, 1.165) is 43.2 Å². The molecule has 2 aromatic carbocycles. The molecule has 3 aliphatic rings. The minimum absolute atomic E-state index is 0.214. The zero-order valence-corrected chi connectivity index (χ0v) is 23.3. The number of ether oxygens (including phenoxy) is 1. The topological polar surface area (TPSA) is 74.6 Å². The van der Waals surface area contributed by atoms with E-state index >= 15 is 4.39 Å². The van der Waals surface area contributed by atoms with Crippen LogP contribution in [0, 0.1) is 29.5 Å². The zero-order chi connectivity index (χ0) is 27.9. The van der Waals surface area contributed by atoms with Crippen LogP contribution < -0.4 is 9.64 Å². The highest BCUT2D eigenvalue weighted by atomic mass is 19.1. The molecule has 3 atom stereocenters. The Bertz CT molecular complexity index is 1660. The van der Waals surface area contributed by atoms with Gasteiger partial charge in [-0.15, -0.1) is 0 Å². The maximum Gasteiger partial charge on any atom is 0.319 e. The summed E-state index contributed by atoms with van der Waals surface area (Å²) in [6, 6.07) is 12.0. The molecule has 8 heteroatoms. The van der Waals surface area contributed by atoms with Gasteiger partial charge in [0.05, 0.1) is 5.39 Å². The Kier molecular flexibility index (Phi) is 6.93. The van der Waals surface area contributed by atoms with Gasteiger partial charge in [-0.3, -0.25) is 4.98 Å². The standard InChI is InChI=1S/C33H34FN5O2/c1-38-14-4-10-25(38)20-41-33-36-31-27(32(37-33)39-18-21-12-13-22(16-21)19-39)17-35-30(29(31)34)26-11-3-8-23-6-2-7-24(28(23)26)9-5-15-40/h2-3,6-8,11,17,21-22,25,40H,4,10,12-16,18-20H2,1H3/t21?,22?,25-/m0/s1. The minimum atomic E-state index is -0.494. The predicted molar refractivity (Wildman–Crippen MR) is 158 cm³/mol. The van der Waals surface area contributed by atoms with Crippen molar-refractivity contribution in [2.24, 2.45) is 11.8 Å². The molecule has 0 spiro atoms. The maximum atomic E-state index is 16.7. The monoisotopic (exact) mass is 551 g/mol. The van der Waals surface area contributed by atoms with Crippen LogP contribution in [0.25, 0.3) is 32.9 Å². The van der Waals surface area contributed by atoms with Crippen LogP contribution in [-0.2, 0) is 0 Å². The van der Waals surface area contributed by atoms with Crippen LogP contribution in [0.15, 0.2) is 42.6 Å². The predicted octanol–water partition coefficient (Wildman–Crippen LogP) is 5.04. The maximum absolute atomic E-state index is 16.7. The molecule has 7 nitrogen and oxygen atoms in total. The lowest BCUT2D eigenvalue weighted by Crippen LogP contribution is -2.37. The highest BCUT2D eigenvalue weighted by Gasteiger charge is 2.35. The number of halogens is 1. The van der Waals surface area contributed by atoms with Crippen molar-refractivity contribution in [2.45, 2.75) is 38.1 Å². The fraction of sp³-hybridized carbons (Fsp3) is 0.424. The molecule has 0 radical (unpaired) electrons. The number of aromatic nitrogens is 3. The molecule has 1 aliphatic carbocycles. The lowest BCUT2D eigenvalue weighted by atomic mass is 9.96. The van der Waals surface area contributed by atoms with E-state index in [9.17, 15) is 5.11 Å². The molecule has 7 rings (SSSR count). The molecule has 2 unspecified atom stereocenters. The smallest absolute Gasteiger partial charge is 0.319 e. The Labute approximate surface area is 239 Å². The summed E-state index contributed by atoms with van der Waals surface area (Å²) in [6.45, 7) is 3.09. The van der Waals surface area contributed by atoms with Crippen LogP contribution in [0.1, 0.15) is 37.7 Å². The lowest BCUT2D eigenvalue weighted by Gasteiger charge is -2.33. The zero-order valence-electron chi connectivity index (χ0n) is 23.3. The fourth-order valence-corrected chi connectivity index (χ4v) is 7.03. The Hall–Kier alpha value is -3.80. The van der Waals surface area contributed by atoms with Gasteiger partial charge in [-0.1, -0.05) is 42.2 Å². The molecule has 2 saturated heterocycles. The molecule has 210 valence electrons. The Morgan fingerprint density at radius 1 is 1.07 bits per heavy atom. The number of anilines is 1. The molecule has 2 bridgehead atoms. The number of piperidine rings is 1. The number of aliphatic hydroxyl groups excluding tert-OH is 1. The Morgan fingerprint density at radius 3 is 2.63 bits per heavy atom. The first kappa shape index (κ1) is 26.1. The third-order valence-corrected chi connectivity index (χ3v) is 9.09. The summed E-state index contributed by atoms with van der Waals surface area (Å²) >= 11 is 0. The molecule has 1 N–H and O–H groups in total. The van der Waals surface area contributed by atoms with Crippen LogP contribution in [0.5, 0.6) is 6.01 Å². The second-order valence-electron chi connectivity index (χ2n) is 11.7. The van der Waals surface area contributed by atoms with Crippen molar-refractivity contribution in [3.63, 3.8) is 0 Å². The third kappa shape index (κ3) is 4.87. The van der Waals surface area contributed by atoms with Crippen LogP contribution >= 0.6 is 0 Å². The van der Waals surface area contributed by atoms with E-state index in [-0.39, 0.29) is 23.8 Å². The molecule has 3 fully saturated rings. The van der Waals surface area contributed by atoms with Crippen LogP contribution in [0.3, 0.4) is 0 Å². The van der Waals surface area contributed by atoms with Crippen LogP contribution in [-0.4, -0.2) is 70.9 Å². The molecule has 0 amide bonds. The summed E-state index contributed by atoms with van der Waals surface area (Å²) < 4.78 is 22.8. The van der Waals surface area contributed by atoms with Gasteiger partial charge < -0.3 is 19.6 Å². The minimum Gasteiger partial charge on any atom is -0.462 e. The number of nitrogens with zero attached hydrogens (tertiary/aromatic N) is 5. The largest absolute Gasteiger partial charge is 0.462 e. The molecule has 4 heterocycles. The van der Waals surface area contributed by atoms with Crippen molar-refractivity contribution in [3.05, 3.63) is 54.0 Å². The summed E-state index contributed by atoms with van der Waals surface area (Å²) in [5.41, 5.74) is 1.79. The van der Waals surface area contributed by atoms with Gasteiger partial charge in [0.15, 0.2) is 5.82 Å². The molecule has 1 saturated carbocycles. The Morgan fingerprint density at radius 2 is 1.88 bits per heavy atom. The van der Waals surface area contributed by atoms with Gasteiger partial charge in [0.1, 0.15) is 30.2 Å². The van der Waals surface area contributed by atoms with Gasteiger partial charge >= 0.3 is 6.01 Å². The number of benzene rings is 2. The summed E-state index contributed by atoms with van der Waals surface area (Å²) in [6.07, 6.45) is 7.66. The van der Waals surface area contributed by atoms with E-state index in [1.54, 1.807) is 6.20 Å². The van der Waals surface area contributed by atoms with Gasteiger partial charge in [0.2, 0.25) is 0 Å². The van der Waals surface area contributed by atoms with E-state index in [1.165, 1.54) is 19.3 Å². The van der Waals surface area contributed by atoms with E-state index in [2.05, 4.69) is 38.7 Å². The number of likely N-dealkylation sites (tertiary alicyclic amines) is 1. The fourth-order valence-electron chi connectivity index (χ4n) is 7.03. The van der Waals surface area contributed by atoms with Crippen molar-refractivity contribution in [3.8, 4) is 29.1 Å². The summed E-state index contributed by atoms with van der Waals surface area (Å²) in [5, 5.41) is 11.6. The van der Waals surface area contributed by atoms with Gasteiger partial charge in [-0.2, -0.15) is 9.97 Å². The highest BCUT2D eigenvalue weighted by molar-refractivity contribution is 6.02. The van der Waals surface area contributed by atoms with Crippen molar-refractivity contribution in [1.29, 1.82) is 0 Å². The van der Waals surface area contributed by atoms with E-state index in [1.807, 2.05) is 36.4 Å². The number of pyridine rings is 1. The Balaban J connectivity index is 1.36. The first-order valence-corrected chi connectivity index (χ1v) is 14.6. The lowest BCUT2D eigenvalue weighted by molar-refractivity contribution is 0.188. The summed E-state index contributed by atoms with van der Waals surface area (Å²) in [5.74, 6) is 7.25. The molecule has 41 heavy (non-hydrogen) atoms. The van der Waals surface area contributed by atoms with Crippen molar-refractivity contribution >= 4 is 27.5 Å². The molecule has 2 aromatic heterocycles. The first-order chi connectivity index (χ1) is 20.1. The van der Waals surface area contributed by atoms with Crippen molar-refractivity contribution in [2.75, 3.05) is 44.8 Å².